The number of carbonyl (C=O) groups is 1. The van der Waals surface area contributed by atoms with Crippen LogP contribution in [-0.2, 0) is 21.4 Å². The lowest BCUT2D eigenvalue weighted by Crippen LogP contribution is -2.66. The molecule has 2 fully saturated rings. The minimum atomic E-state index is -0.980. The van der Waals surface area contributed by atoms with Crippen LogP contribution in [0.3, 0.4) is 0 Å². The van der Waals surface area contributed by atoms with Gasteiger partial charge in [0, 0.05) is 39.1 Å². The minimum absolute atomic E-state index is 0.147. The predicted octanol–water partition coefficient (Wildman–Crippen LogP) is 3.77. The molecular weight excluding hydrogens is 338 g/mol. The van der Waals surface area contributed by atoms with Gasteiger partial charge in [-0.1, -0.05) is 32.0 Å². The van der Waals surface area contributed by atoms with Crippen LogP contribution in [0.5, 0.6) is 0 Å². The Morgan fingerprint density at radius 2 is 2.00 bits per heavy atom. The van der Waals surface area contributed by atoms with Crippen molar-refractivity contribution in [1.29, 1.82) is 0 Å². The molecule has 5 unspecified atom stereocenters. The summed E-state index contributed by atoms with van der Waals surface area (Å²) in [5.41, 5.74) is 3.29. The zero-order chi connectivity index (χ0) is 18.6. The Labute approximate surface area is 158 Å². The van der Waals surface area contributed by atoms with Gasteiger partial charge < -0.3 is 14.8 Å². The second-order valence-electron chi connectivity index (χ2n) is 9.42. The van der Waals surface area contributed by atoms with Crippen LogP contribution in [-0.4, -0.2) is 27.8 Å². The zero-order valence-corrected chi connectivity index (χ0v) is 15.8. The Morgan fingerprint density at radius 1 is 1.19 bits per heavy atom. The lowest BCUT2D eigenvalue weighted by molar-refractivity contribution is -0.171. The van der Waals surface area contributed by atoms with E-state index in [4.69, 9.17) is 4.74 Å². The Kier molecular flexibility index (Phi) is 2.75. The van der Waals surface area contributed by atoms with Gasteiger partial charge in [-0.15, -0.1) is 0 Å². The molecule has 3 aliphatic carbocycles. The molecule has 1 aliphatic heterocycles. The second kappa shape index (κ2) is 4.67. The summed E-state index contributed by atoms with van der Waals surface area (Å²) in [6, 6.07) is 8.54. The maximum absolute atomic E-state index is 12.0. The number of carbonyl (C=O) groups excluding carboxylic acids is 1. The van der Waals surface area contributed by atoms with Gasteiger partial charge in [0.25, 0.3) is 0 Å². The maximum atomic E-state index is 12.0. The van der Waals surface area contributed by atoms with E-state index in [2.05, 4.69) is 43.1 Å². The van der Waals surface area contributed by atoms with Crippen molar-refractivity contribution in [3.8, 4) is 0 Å². The first-order valence-electron chi connectivity index (χ1n) is 10.1. The monoisotopic (exact) mass is 363 g/mol. The number of aromatic amines is 1. The molecule has 0 radical (unpaired) electrons. The van der Waals surface area contributed by atoms with Crippen molar-refractivity contribution in [2.45, 2.75) is 63.1 Å². The lowest BCUT2D eigenvalue weighted by atomic mass is 9.43. The third-order valence-corrected chi connectivity index (χ3v) is 8.78. The fourth-order valence-electron chi connectivity index (χ4n) is 7.12. The number of esters is 1. The number of hydrogen-bond acceptors (Lipinski definition) is 3. The van der Waals surface area contributed by atoms with Gasteiger partial charge in [-0.05, 0) is 49.7 Å². The van der Waals surface area contributed by atoms with E-state index >= 15 is 0 Å². The van der Waals surface area contributed by atoms with Crippen molar-refractivity contribution >= 4 is 16.9 Å². The molecule has 0 amide bonds. The second-order valence-corrected chi connectivity index (χ2v) is 9.42. The molecular formula is C23H25NO3. The standard InChI is InChI=1S/C23H25NO3/c1-21-9-8-18-16(12-19(25)27-18)23(21,26)10-7-13-11-15-14-5-3-4-6-17(14)24-20(15)22(13,21)2/h3-6,12-13,18,24,26H,7-11H2,1-2H3. The molecule has 5 atom stereocenters. The summed E-state index contributed by atoms with van der Waals surface area (Å²) >= 11 is 0. The number of H-pyrrole nitrogens is 1. The van der Waals surface area contributed by atoms with E-state index in [1.165, 1.54) is 22.2 Å². The van der Waals surface area contributed by atoms with Crippen LogP contribution in [0, 0.1) is 11.3 Å². The number of ether oxygens (including phenoxy) is 1. The number of fused-ring (bicyclic) bond motifs is 9. The van der Waals surface area contributed by atoms with Crippen molar-refractivity contribution in [2.75, 3.05) is 0 Å². The van der Waals surface area contributed by atoms with Crippen LogP contribution >= 0.6 is 0 Å². The average molecular weight is 363 g/mol. The molecule has 1 aromatic carbocycles. The summed E-state index contributed by atoms with van der Waals surface area (Å²) in [6.07, 6.45) is 5.75. The Bertz CT molecular complexity index is 1040. The summed E-state index contributed by atoms with van der Waals surface area (Å²) < 4.78 is 5.49. The van der Waals surface area contributed by atoms with Crippen molar-refractivity contribution in [3.63, 3.8) is 0 Å². The number of benzene rings is 1. The summed E-state index contributed by atoms with van der Waals surface area (Å²) in [5.74, 6) is 0.224. The summed E-state index contributed by atoms with van der Waals surface area (Å²) in [5, 5.41) is 13.4. The van der Waals surface area contributed by atoms with Gasteiger partial charge in [-0.2, -0.15) is 0 Å². The highest BCUT2D eigenvalue weighted by Crippen LogP contribution is 2.69. The number of aliphatic hydroxyl groups is 1. The molecule has 0 spiro atoms. The van der Waals surface area contributed by atoms with Crippen LogP contribution in [0.25, 0.3) is 10.9 Å². The maximum Gasteiger partial charge on any atom is 0.331 e. The number of aromatic nitrogens is 1. The van der Waals surface area contributed by atoms with E-state index in [1.807, 2.05) is 0 Å². The highest BCUT2D eigenvalue weighted by molar-refractivity contribution is 5.87. The van der Waals surface area contributed by atoms with Crippen molar-refractivity contribution < 1.29 is 14.6 Å². The molecule has 2 N–H and O–H groups in total. The molecule has 4 nitrogen and oxygen atoms in total. The predicted molar refractivity (Wildman–Crippen MR) is 102 cm³/mol. The number of rotatable bonds is 0. The SMILES string of the molecule is CC12c3[nH]c4ccccc4c3CC1CCC1(O)C3=CC(=O)OC3CCC12C. The van der Waals surface area contributed by atoms with E-state index < -0.39 is 5.60 Å². The fraction of sp³-hybridized carbons (Fsp3) is 0.522. The van der Waals surface area contributed by atoms with Gasteiger partial charge in [0.1, 0.15) is 6.10 Å². The highest BCUT2D eigenvalue weighted by Gasteiger charge is 2.70. The molecule has 0 saturated heterocycles. The van der Waals surface area contributed by atoms with Crippen LogP contribution in [0.4, 0.5) is 0 Å². The van der Waals surface area contributed by atoms with Crippen molar-refractivity contribution in [3.05, 3.63) is 47.2 Å². The van der Waals surface area contributed by atoms with Gasteiger partial charge in [-0.3, -0.25) is 0 Å². The molecule has 4 aliphatic rings. The Balaban J connectivity index is 1.59. The summed E-state index contributed by atoms with van der Waals surface area (Å²) in [4.78, 5) is 15.7. The minimum Gasteiger partial charge on any atom is -0.455 e. The van der Waals surface area contributed by atoms with Gasteiger partial charge in [0.2, 0.25) is 0 Å². The number of hydrogen-bond donors (Lipinski definition) is 2. The molecule has 6 rings (SSSR count). The Morgan fingerprint density at radius 3 is 2.85 bits per heavy atom. The molecule has 2 heterocycles. The van der Waals surface area contributed by atoms with Crippen molar-refractivity contribution in [1.82, 2.24) is 4.98 Å². The quantitative estimate of drug-likeness (QED) is 0.700. The van der Waals surface area contributed by atoms with E-state index in [1.54, 1.807) is 6.08 Å². The van der Waals surface area contributed by atoms with E-state index in [0.29, 0.717) is 12.3 Å². The van der Waals surface area contributed by atoms with Crippen LogP contribution < -0.4 is 0 Å². The number of para-hydroxylation sites is 1. The normalized spacial score (nSPS) is 42.2. The summed E-state index contributed by atoms with van der Waals surface area (Å²) in [6.45, 7) is 4.60. The van der Waals surface area contributed by atoms with Crippen LogP contribution in [0.15, 0.2) is 35.9 Å². The topological polar surface area (TPSA) is 62.3 Å². The van der Waals surface area contributed by atoms with Gasteiger partial charge >= 0.3 is 5.97 Å². The first-order valence-corrected chi connectivity index (χ1v) is 10.1. The third kappa shape index (κ3) is 1.60. The molecule has 2 aromatic rings. The van der Waals surface area contributed by atoms with Gasteiger partial charge in [0.15, 0.2) is 0 Å². The van der Waals surface area contributed by atoms with Gasteiger partial charge in [-0.25, -0.2) is 4.79 Å². The molecule has 4 heteroatoms. The van der Waals surface area contributed by atoms with Crippen LogP contribution in [0.2, 0.25) is 0 Å². The molecule has 2 saturated carbocycles. The summed E-state index contributed by atoms with van der Waals surface area (Å²) in [7, 11) is 0. The molecule has 27 heavy (non-hydrogen) atoms. The zero-order valence-electron chi connectivity index (χ0n) is 15.8. The van der Waals surface area contributed by atoms with Gasteiger partial charge in [0.05, 0.1) is 5.60 Å². The highest BCUT2D eigenvalue weighted by atomic mass is 16.5. The molecule has 140 valence electrons. The Hall–Kier alpha value is -2.07. The first kappa shape index (κ1) is 15.9. The molecule has 1 aromatic heterocycles. The average Bonchev–Trinajstić information content (AvgIpc) is 3.29. The smallest absolute Gasteiger partial charge is 0.331 e. The molecule has 0 bridgehead atoms. The fourth-order valence-corrected chi connectivity index (χ4v) is 7.12. The van der Waals surface area contributed by atoms with Crippen LogP contribution in [0.1, 0.15) is 50.8 Å². The first-order chi connectivity index (χ1) is 12.9. The largest absolute Gasteiger partial charge is 0.455 e. The third-order valence-electron chi connectivity index (χ3n) is 8.78. The number of nitrogens with one attached hydrogen (secondary N) is 1. The van der Waals surface area contributed by atoms with E-state index in [9.17, 15) is 9.90 Å². The van der Waals surface area contributed by atoms with E-state index in [0.717, 1.165) is 31.3 Å². The van der Waals surface area contributed by atoms with Crippen molar-refractivity contribution in [2.24, 2.45) is 11.3 Å². The lowest BCUT2D eigenvalue weighted by Gasteiger charge is -2.63. The van der Waals surface area contributed by atoms with E-state index in [-0.39, 0.29) is 22.9 Å².